The van der Waals surface area contributed by atoms with Crippen molar-refractivity contribution in [2.45, 2.75) is 25.8 Å². The molecule has 0 bridgehead atoms. The fraction of sp³-hybridized carbons (Fsp3) is 0.500. The molecule has 1 unspecified atom stereocenters. The third kappa shape index (κ3) is 4.62. The first kappa shape index (κ1) is 16.1. The molecule has 0 radical (unpaired) electrons. The normalized spacial score (nSPS) is 11.9. The van der Waals surface area contributed by atoms with Crippen LogP contribution in [-0.4, -0.2) is 36.4 Å². The molecule has 20 heavy (non-hydrogen) atoms. The van der Waals surface area contributed by atoms with Gasteiger partial charge in [0.1, 0.15) is 0 Å². The van der Waals surface area contributed by atoms with Gasteiger partial charge in [-0.2, -0.15) is 0 Å². The standard InChI is InChI=1S/C14H21N3O3/c1-4-6-13(15-10-14(18)16(2)3)11-7-5-8-12(9-11)17(19)20/h5,7-9,13,15H,4,6,10H2,1-3H3. The zero-order valence-electron chi connectivity index (χ0n) is 12.1. The van der Waals surface area contributed by atoms with E-state index >= 15 is 0 Å². The summed E-state index contributed by atoms with van der Waals surface area (Å²) in [6, 6.07) is 6.50. The Balaban J connectivity index is 2.82. The van der Waals surface area contributed by atoms with Gasteiger partial charge in [0.2, 0.25) is 5.91 Å². The van der Waals surface area contributed by atoms with Gasteiger partial charge < -0.3 is 10.2 Å². The molecule has 0 aromatic heterocycles. The van der Waals surface area contributed by atoms with Gasteiger partial charge in [0, 0.05) is 32.3 Å². The van der Waals surface area contributed by atoms with E-state index in [9.17, 15) is 14.9 Å². The van der Waals surface area contributed by atoms with Gasteiger partial charge in [-0.25, -0.2) is 0 Å². The number of nitrogens with zero attached hydrogens (tertiary/aromatic N) is 2. The van der Waals surface area contributed by atoms with Crippen molar-refractivity contribution in [3.05, 3.63) is 39.9 Å². The van der Waals surface area contributed by atoms with E-state index in [-0.39, 0.29) is 24.2 Å². The molecule has 110 valence electrons. The molecule has 0 aliphatic heterocycles. The quantitative estimate of drug-likeness (QED) is 0.612. The smallest absolute Gasteiger partial charge is 0.269 e. The molecule has 0 heterocycles. The summed E-state index contributed by atoms with van der Waals surface area (Å²) in [7, 11) is 3.40. The number of non-ortho nitro benzene ring substituents is 1. The highest BCUT2D eigenvalue weighted by Gasteiger charge is 2.15. The number of benzene rings is 1. The number of carbonyl (C=O) groups excluding carboxylic acids is 1. The monoisotopic (exact) mass is 279 g/mol. The lowest BCUT2D eigenvalue weighted by atomic mass is 10.0. The molecule has 0 aliphatic carbocycles. The predicted molar refractivity (Wildman–Crippen MR) is 77.4 cm³/mol. The lowest BCUT2D eigenvalue weighted by Gasteiger charge is -2.19. The zero-order valence-corrected chi connectivity index (χ0v) is 12.1. The number of nitro groups is 1. The van der Waals surface area contributed by atoms with Crippen molar-refractivity contribution in [3.63, 3.8) is 0 Å². The fourth-order valence-electron chi connectivity index (χ4n) is 1.90. The van der Waals surface area contributed by atoms with Crippen molar-refractivity contribution >= 4 is 11.6 Å². The average molecular weight is 279 g/mol. The molecule has 0 spiro atoms. The molecule has 0 fully saturated rings. The number of likely N-dealkylation sites (N-methyl/N-ethyl adjacent to an activating group) is 1. The van der Waals surface area contributed by atoms with Crippen molar-refractivity contribution < 1.29 is 9.72 Å². The average Bonchev–Trinajstić information content (AvgIpc) is 2.43. The molecular weight excluding hydrogens is 258 g/mol. The van der Waals surface area contributed by atoms with Crippen LogP contribution in [-0.2, 0) is 4.79 Å². The summed E-state index contributed by atoms with van der Waals surface area (Å²) in [6.07, 6.45) is 1.75. The molecular formula is C14H21N3O3. The van der Waals surface area contributed by atoms with Crippen LogP contribution < -0.4 is 5.32 Å². The summed E-state index contributed by atoms with van der Waals surface area (Å²) in [6.45, 7) is 2.26. The van der Waals surface area contributed by atoms with Gasteiger partial charge in [0.05, 0.1) is 11.5 Å². The van der Waals surface area contributed by atoms with Gasteiger partial charge in [0.15, 0.2) is 0 Å². The molecule has 1 amide bonds. The number of rotatable bonds is 7. The van der Waals surface area contributed by atoms with Crippen molar-refractivity contribution in [2.24, 2.45) is 0 Å². The maximum Gasteiger partial charge on any atom is 0.269 e. The zero-order chi connectivity index (χ0) is 15.1. The summed E-state index contributed by atoms with van der Waals surface area (Å²) in [5.41, 5.74) is 0.914. The van der Waals surface area contributed by atoms with E-state index in [1.54, 1.807) is 26.2 Å². The van der Waals surface area contributed by atoms with E-state index in [2.05, 4.69) is 5.32 Å². The molecule has 1 aromatic rings. The second-order valence-electron chi connectivity index (χ2n) is 4.86. The lowest BCUT2D eigenvalue weighted by molar-refractivity contribution is -0.384. The maximum atomic E-state index is 11.6. The van der Waals surface area contributed by atoms with Gasteiger partial charge in [0.25, 0.3) is 5.69 Å². The van der Waals surface area contributed by atoms with Crippen molar-refractivity contribution in [1.29, 1.82) is 0 Å². The highest BCUT2D eigenvalue weighted by molar-refractivity contribution is 5.77. The highest BCUT2D eigenvalue weighted by Crippen LogP contribution is 2.22. The van der Waals surface area contributed by atoms with E-state index in [1.807, 2.05) is 13.0 Å². The van der Waals surface area contributed by atoms with Gasteiger partial charge in [-0.3, -0.25) is 14.9 Å². The number of amides is 1. The van der Waals surface area contributed by atoms with E-state index < -0.39 is 4.92 Å². The first-order valence-corrected chi connectivity index (χ1v) is 6.63. The number of nitrogens with one attached hydrogen (secondary N) is 1. The van der Waals surface area contributed by atoms with Crippen LogP contribution in [0.15, 0.2) is 24.3 Å². The van der Waals surface area contributed by atoms with Gasteiger partial charge in [-0.15, -0.1) is 0 Å². The third-order valence-corrected chi connectivity index (χ3v) is 3.06. The van der Waals surface area contributed by atoms with E-state index in [0.29, 0.717) is 0 Å². The topological polar surface area (TPSA) is 75.5 Å². The SMILES string of the molecule is CCCC(NCC(=O)N(C)C)c1cccc([N+](=O)[O-])c1. The van der Waals surface area contributed by atoms with Crippen LogP contribution >= 0.6 is 0 Å². The Hall–Kier alpha value is -1.95. The number of carbonyl (C=O) groups is 1. The Bertz CT molecular complexity index is 474. The molecule has 0 saturated heterocycles. The molecule has 1 N–H and O–H groups in total. The molecule has 1 atom stereocenters. The van der Waals surface area contributed by atoms with Crippen LogP contribution in [0.5, 0.6) is 0 Å². The Morgan fingerprint density at radius 3 is 2.70 bits per heavy atom. The molecule has 1 aromatic carbocycles. The maximum absolute atomic E-state index is 11.6. The summed E-state index contributed by atoms with van der Waals surface area (Å²) in [5.74, 6) is -0.0171. The van der Waals surface area contributed by atoms with E-state index in [4.69, 9.17) is 0 Å². The summed E-state index contributed by atoms with van der Waals surface area (Å²) >= 11 is 0. The first-order chi connectivity index (χ1) is 9.45. The van der Waals surface area contributed by atoms with Gasteiger partial charge >= 0.3 is 0 Å². The van der Waals surface area contributed by atoms with Crippen molar-refractivity contribution in [1.82, 2.24) is 10.2 Å². The molecule has 0 aliphatic rings. The Morgan fingerprint density at radius 1 is 1.45 bits per heavy atom. The minimum atomic E-state index is -0.405. The van der Waals surface area contributed by atoms with Crippen molar-refractivity contribution in [2.75, 3.05) is 20.6 Å². The largest absolute Gasteiger partial charge is 0.348 e. The minimum Gasteiger partial charge on any atom is -0.348 e. The number of hydrogen-bond donors (Lipinski definition) is 1. The summed E-state index contributed by atoms with van der Waals surface area (Å²) in [4.78, 5) is 23.5. The van der Waals surface area contributed by atoms with Crippen LogP contribution in [0.3, 0.4) is 0 Å². The third-order valence-electron chi connectivity index (χ3n) is 3.06. The minimum absolute atomic E-state index is 0.0171. The second kappa shape index (κ2) is 7.59. The van der Waals surface area contributed by atoms with Crippen molar-refractivity contribution in [3.8, 4) is 0 Å². The van der Waals surface area contributed by atoms with Crippen LogP contribution in [0.2, 0.25) is 0 Å². The van der Waals surface area contributed by atoms with E-state index in [1.165, 1.54) is 11.0 Å². The molecule has 6 heteroatoms. The molecule has 0 saturated carbocycles. The first-order valence-electron chi connectivity index (χ1n) is 6.63. The Kier molecular flexibility index (Phi) is 6.11. The van der Waals surface area contributed by atoms with E-state index in [0.717, 1.165) is 18.4 Å². The lowest BCUT2D eigenvalue weighted by Crippen LogP contribution is -2.35. The predicted octanol–water partition coefficient (Wildman–Crippen LogP) is 2.11. The van der Waals surface area contributed by atoms with Gasteiger partial charge in [-0.05, 0) is 12.0 Å². The Morgan fingerprint density at radius 2 is 2.15 bits per heavy atom. The van der Waals surface area contributed by atoms with Gasteiger partial charge in [-0.1, -0.05) is 25.5 Å². The summed E-state index contributed by atoms with van der Waals surface area (Å²) < 4.78 is 0. The second-order valence-corrected chi connectivity index (χ2v) is 4.86. The molecule has 1 rings (SSSR count). The summed E-state index contributed by atoms with van der Waals surface area (Å²) in [5, 5.41) is 14.0. The molecule has 6 nitrogen and oxygen atoms in total. The number of hydrogen-bond acceptors (Lipinski definition) is 4. The fourth-order valence-corrected chi connectivity index (χ4v) is 1.90. The Labute approximate surface area is 118 Å². The number of nitro benzene ring substituents is 1. The highest BCUT2D eigenvalue weighted by atomic mass is 16.6. The van der Waals surface area contributed by atoms with Crippen LogP contribution in [0.1, 0.15) is 31.4 Å². The van der Waals surface area contributed by atoms with Crippen LogP contribution in [0.4, 0.5) is 5.69 Å². The van der Waals surface area contributed by atoms with Crippen LogP contribution in [0.25, 0.3) is 0 Å². The van der Waals surface area contributed by atoms with Crippen LogP contribution in [0, 0.1) is 10.1 Å².